The summed E-state index contributed by atoms with van der Waals surface area (Å²) in [6.45, 7) is 6.86. The van der Waals surface area contributed by atoms with Gasteiger partial charge in [0, 0.05) is 17.2 Å². The van der Waals surface area contributed by atoms with Crippen molar-refractivity contribution < 1.29 is 4.79 Å². The van der Waals surface area contributed by atoms with E-state index < -0.39 is 0 Å². The van der Waals surface area contributed by atoms with E-state index >= 15 is 0 Å². The topological polar surface area (TPSA) is 41.1 Å². The van der Waals surface area contributed by atoms with Crippen LogP contribution in [0.25, 0.3) is 0 Å². The molecule has 0 aliphatic heterocycles. The van der Waals surface area contributed by atoms with Gasteiger partial charge < -0.3 is 10.6 Å². The highest BCUT2D eigenvalue weighted by atomic mass is 79.9. The minimum atomic E-state index is -0.171. The number of allylic oxidation sites excluding steroid dienone is 1. The number of hydrogen-bond acceptors (Lipinski definition) is 1. The molecule has 0 unspecified atom stereocenters. The maximum absolute atomic E-state index is 11.5. The van der Waals surface area contributed by atoms with Gasteiger partial charge in [-0.15, -0.1) is 0 Å². The third-order valence-electron chi connectivity index (χ3n) is 2.39. The first kappa shape index (κ1) is 15.8. The zero-order chi connectivity index (χ0) is 14.3. The van der Waals surface area contributed by atoms with Crippen molar-refractivity contribution in [1.29, 1.82) is 0 Å². The Bertz CT molecular complexity index is 450. The first-order valence-electron chi connectivity index (χ1n) is 6.33. The number of amides is 2. The van der Waals surface area contributed by atoms with E-state index in [-0.39, 0.29) is 11.4 Å². The van der Waals surface area contributed by atoms with Crippen LogP contribution in [0.5, 0.6) is 0 Å². The van der Waals surface area contributed by atoms with E-state index in [1.54, 1.807) is 6.20 Å². The van der Waals surface area contributed by atoms with Crippen LogP contribution in [-0.2, 0) is 6.42 Å². The molecule has 0 fully saturated rings. The van der Waals surface area contributed by atoms with Gasteiger partial charge in [-0.3, -0.25) is 0 Å². The van der Waals surface area contributed by atoms with Crippen LogP contribution in [0.15, 0.2) is 41.0 Å². The summed E-state index contributed by atoms with van der Waals surface area (Å²) in [5.41, 5.74) is 1.27. The average molecular weight is 325 g/mol. The third kappa shape index (κ3) is 7.67. The summed E-state index contributed by atoms with van der Waals surface area (Å²) in [5, 5.41) is 5.52. The van der Waals surface area contributed by atoms with Crippen molar-refractivity contribution in [3.05, 3.63) is 46.6 Å². The van der Waals surface area contributed by atoms with Gasteiger partial charge in [0.05, 0.1) is 0 Å². The SMILES string of the molecule is CC(C)(C)/C=C/NC(=O)NCCc1cccc(Br)c1. The Kier molecular flexibility index (Phi) is 6.09. The molecule has 0 bridgehead atoms. The van der Waals surface area contributed by atoms with Crippen LogP contribution in [0.2, 0.25) is 0 Å². The molecule has 1 rings (SSSR count). The number of rotatable bonds is 4. The third-order valence-corrected chi connectivity index (χ3v) is 2.88. The Balaban J connectivity index is 2.26. The zero-order valence-corrected chi connectivity index (χ0v) is 13.3. The van der Waals surface area contributed by atoms with Gasteiger partial charge in [-0.05, 0) is 29.5 Å². The zero-order valence-electron chi connectivity index (χ0n) is 11.7. The highest BCUT2D eigenvalue weighted by molar-refractivity contribution is 9.10. The molecule has 1 aromatic rings. The van der Waals surface area contributed by atoms with Gasteiger partial charge in [0.1, 0.15) is 0 Å². The predicted molar refractivity (Wildman–Crippen MR) is 83.0 cm³/mol. The van der Waals surface area contributed by atoms with Crippen molar-refractivity contribution in [3.8, 4) is 0 Å². The lowest BCUT2D eigenvalue weighted by atomic mass is 9.97. The minimum Gasteiger partial charge on any atom is -0.338 e. The molecule has 0 spiro atoms. The van der Waals surface area contributed by atoms with Crippen LogP contribution in [0, 0.1) is 5.41 Å². The molecule has 104 valence electrons. The molecule has 0 aliphatic rings. The molecule has 19 heavy (non-hydrogen) atoms. The maximum atomic E-state index is 11.5. The molecule has 3 nitrogen and oxygen atoms in total. The number of benzene rings is 1. The molecular formula is C15H21BrN2O. The van der Waals surface area contributed by atoms with Gasteiger partial charge in [-0.25, -0.2) is 4.79 Å². The normalized spacial score (nSPS) is 11.6. The van der Waals surface area contributed by atoms with Crippen LogP contribution in [0.3, 0.4) is 0 Å². The quantitative estimate of drug-likeness (QED) is 0.867. The Morgan fingerprint density at radius 1 is 1.37 bits per heavy atom. The Labute approximate surface area is 123 Å². The van der Waals surface area contributed by atoms with Crippen LogP contribution in [0.4, 0.5) is 4.79 Å². The fraction of sp³-hybridized carbons (Fsp3) is 0.400. The number of halogens is 1. The smallest absolute Gasteiger partial charge is 0.318 e. The van der Waals surface area contributed by atoms with Crippen LogP contribution in [-0.4, -0.2) is 12.6 Å². The fourth-order valence-corrected chi connectivity index (χ4v) is 1.88. The summed E-state index contributed by atoms with van der Waals surface area (Å²) in [7, 11) is 0. The van der Waals surface area contributed by atoms with E-state index in [9.17, 15) is 4.79 Å². The number of carbonyl (C=O) groups is 1. The van der Waals surface area contributed by atoms with Gasteiger partial charge in [-0.2, -0.15) is 0 Å². The highest BCUT2D eigenvalue weighted by Crippen LogP contribution is 2.13. The van der Waals surface area contributed by atoms with Crippen molar-refractivity contribution in [2.45, 2.75) is 27.2 Å². The summed E-state index contributed by atoms with van der Waals surface area (Å²) in [6.07, 6.45) is 4.46. The molecular weight excluding hydrogens is 304 g/mol. The highest BCUT2D eigenvalue weighted by Gasteiger charge is 2.04. The maximum Gasteiger partial charge on any atom is 0.318 e. The number of nitrogens with one attached hydrogen (secondary N) is 2. The van der Waals surface area contributed by atoms with Crippen molar-refractivity contribution in [2.75, 3.05) is 6.54 Å². The van der Waals surface area contributed by atoms with E-state index in [2.05, 4.69) is 53.4 Å². The monoisotopic (exact) mass is 324 g/mol. The lowest BCUT2D eigenvalue weighted by molar-refractivity contribution is 0.244. The van der Waals surface area contributed by atoms with Gasteiger partial charge in [-0.1, -0.05) is 54.9 Å². The minimum absolute atomic E-state index is 0.0730. The van der Waals surface area contributed by atoms with Crippen molar-refractivity contribution in [2.24, 2.45) is 5.41 Å². The van der Waals surface area contributed by atoms with E-state index in [0.717, 1.165) is 10.9 Å². The van der Waals surface area contributed by atoms with Crippen LogP contribution >= 0.6 is 15.9 Å². The van der Waals surface area contributed by atoms with E-state index in [1.807, 2.05) is 24.3 Å². The summed E-state index contributed by atoms with van der Waals surface area (Å²) in [4.78, 5) is 11.5. The number of urea groups is 1. The van der Waals surface area contributed by atoms with Crippen molar-refractivity contribution in [3.63, 3.8) is 0 Å². The van der Waals surface area contributed by atoms with Crippen molar-refractivity contribution in [1.82, 2.24) is 10.6 Å². The molecule has 0 saturated carbocycles. The fourth-order valence-electron chi connectivity index (χ4n) is 1.43. The Morgan fingerprint density at radius 3 is 2.74 bits per heavy atom. The average Bonchev–Trinajstić information content (AvgIpc) is 2.27. The molecule has 2 N–H and O–H groups in total. The molecule has 0 radical (unpaired) electrons. The largest absolute Gasteiger partial charge is 0.338 e. The number of carbonyl (C=O) groups excluding carboxylic acids is 1. The van der Waals surface area contributed by atoms with E-state index in [0.29, 0.717) is 6.54 Å². The Morgan fingerprint density at radius 2 is 2.11 bits per heavy atom. The van der Waals surface area contributed by atoms with Gasteiger partial charge in [0.2, 0.25) is 0 Å². The van der Waals surface area contributed by atoms with Gasteiger partial charge in [0.25, 0.3) is 0 Å². The molecule has 2 amide bonds. The molecule has 0 aliphatic carbocycles. The van der Waals surface area contributed by atoms with Crippen molar-refractivity contribution >= 4 is 22.0 Å². The number of hydrogen-bond donors (Lipinski definition) is 2. The molecule has 4 heteroatoms. The van der Waals surface area contributed by atoms with Gasteiger partial charge in [0.15, 0.2) is 0 Å². The van der Waals surface area contributed by atoms with Crippen LogP contribution in [0.1, 0.15) is 26.3 Å². The first-order valence-corrected chi connectivity index (χ1v) is 7.13. The second-order valence-electron chi connectivity index (χ2n) is 5.48. The van der Waals surface area contributed by atoms with E-state index in [4.69, 9.17) is 0 Å². The second kappa shape index (κ2) is 7.34. The molecule has 0 saturated heterocycles. The summed E-state index contributed by atoms with van der Waals surface area (Å²) < 4.78 is 1.06. The van der Waals surface area contributed by atoms with Gasteiger partial charge >= 0.3 is 6.03 Å². The lowest BCUT2D eigenvalue weighted by Gasteiger charge is -2.11. The predicted octanol–water partition coefficient (Wildman–Crippen LogP) is 3.85. The molecule has 0 aromatic heterocycles. The molecule has 1 aromatic carbocycles. The van der Waals surface area contributed by atoms with Crippen LogP contribution < -0.4 is 10.6 Å². The first-order chi connectivity index (χ1) is 8.87. The van der Waals surface area contributed by atoms with E-state index in [1.165, 1.54) is 5.56 Å². The molecule has 0 heterocycles. The lowest BCUT2D eigenvalue weighted by Crippen LogP contribution is -2.33. The Hall–Kier alpha value is -1.29. The molecule has 0 atom stereocenters. The standard InChI is InChI=1S/C15H21BrN2O/c1-15(2,3)8-10-18-14(19)17-9-7-12-5-4-6-13(16)11-12/h4-6,8,10-11H,7,9H2,1-3H3,(H2,17,18,19)/b10-8+. The summed E-state index contributed by atoms with van der Waals surface area (Å²) in [5.74, 6) is 0. The summed E-state index contributed by atoms with van der Waals surface area (Å²) in [6, 6.07) is 7.91. The summed E-state index contributed by atoms with van der Waals surface area (Å²) >= 11 is 3.43. The second-order valence-corrected chi connectivity index (χ2v) is 6.40.